The third-order valence-electron chi connectivity index (χ3n) is 3.41. The predicted molar refractivity (Wildman–Crippen MR) is 75.3 cm³/mol. The van der Waals surface area contributed by atoms with Crippen LogP contribution in [-0.2, 0) is 10.0 Å². The molecular weight excluding hydrogens is 262 g/mol. The van der Waals surface area contributed by atoms with Crippen molar-refractivity contribution in [3.8, 4) is 0 Å². The Bertz CT molecular complexity index is 482. The number of nitrogens with two attached hydrogens (primary N) is 1. The maximum Gasteiger partial charge on any atom is 0.240 e. The maximum absolute atomic E-state index is 12.2. The lowest BCUT2D eigenvalue weighted by molar-refractivity contribution is 0.212. The SMILES string of the molecule is NCCN1CCC(NS(=O)(=O)c2ccccc2)CC1. The van der Waals surface area contributed by atoms with Crippen LogP contribution in [0.1, 0.15) is 12.8 Å². The average Bonchev–Trinajstić information content (AvgIpc) is 2.42. The number of benzene rings is 1. The molecule has 0 radical (unpaired) electrons. The van der Waals surface area contributed by atoms with Gasteiger partial charge in [-0.15, -0.1) is 0 Å². The third-order valence-corrected chi connectivity index (χ3v) is 4.94. The van der Waals surface area contributed by atoms with Crippen LogP contribution in [-0.4, -0.2) is 45.5 Å². The molecular formula is C13H21N3O2S. The molecule has 5 nitrogen and oxygen atoms in total. The lowest BCUT2D eigenvalue weighted by Crippen LogP contribution is -2.45. The summed E-state index contributed by atoms with van der Waals surface area (Å²) in [4.78, 5) is 2.60. The fourth-order valence-corrected chi connectivity index (χ4v) is 3.67. The van der Waals surface area contributed by atoms with E-state index in [1.807, 2.05) is 6.07 Å². The van der Waals surface area contributed by atoms with Gasteiger partial charge in [-0.25, -0.2) is 13.1 Å². The Morgan fingerprint density at radius 1 is 1.21 bits per heavy atom. The van der Waals surface area contributed by atoms with Crippen LogP contribution in [0, 0.1) is 0 Å². The van der Waals surface area contributed by atoms with Gasteiger partial charge < -0.3 is 10.6 Å². The molecule has 6 heteroatoms. The molecule has 0 aliphatic carbocycles. The first-order valence-electron chi connectivity index (χ1n) is 6.61. The minimum absolute atomic E-state index is 0.0271. The highest BCUT2D eigenvalue weighted by Crippen LogP contribution is 2.14. The van der Waals surface area contributed by atoms with Gasteiger partial charge in [-0.1, -0.05) is 18.2 Å². The summed E-state index contributed by atoms with van der Waals surface area (Å²) >= 11 is 0. The molecule has 0 bridgehead atoms. The van der Waals surface area contributed by atoms with Crippen molar-refractivity contribution in [2.24, 2.45) is 5.73 Å². The Kier molecular flexibility index (Phi) is 4.93. The molecule has 1 aliphatic heterocycles. The van der Waals surface area contributed by atoms with Gasteiger partial charge in [0.15, 0.2) is 0 Å². The summed E-state index contributed by atoms with van der Waals surface area (Å²) in [5, 5.41) is 0. The van der Waals surface area contributed by atoms with Crippen LogP contribution in [0.25, 0.3) is 0 Å². The Balaban J connectivity index is 1.92. The van der Waals surface area contributed by atoms with Gasteiger partial charge in [0.05, 0.1) is 4.90 Å². The number of likely N-dealkylation sites (tertiary alicyclic amines) is 1. The molecule has 1 aromatic carbocycles. The first-order chi connectivity index (χ1) is 9.12. The number of hydrogen-bond acceptors (Lipinski definition) is 4. The molecule has 1 heterocycles. The summed E-state index contributed by atoms with van der Waals surface area (Å²) in [7, 11) is -3.38. The van der Waals surface area contributed by atoms with E-state index in [-0.39, 0.29) is 6.04 Å². The molecule has 3 N–H and O–H groups in total. The summed E-state index contributed by atoms with van der Waals surface area (Å²) in [6.07, 6.45) is 1.68. The zero-order valence-corrected chi connectivity index (χ0v) is 11.8. The molecule has 1 aliphatic rings. The summed E-state index contributed by atoms with van der Waals surface area (Å²) < 4.78 is 27.1. The number of piperidine rings is 1. The van der Waals surface area contributed by atoms with Crippen molar-refractivity contribution in [3.63, 3.8) is 0 Å². The van der Waals surface area contributed by atoms with E-state index in [2.05, 4.69) is 9.62 Å². The fourth-order valence-electron chi connectivity index (χ4n) is 2.34. The van der Waals surface area contributed by atoms with Gasteiger partial charge in [-0.3, -0.25) is 0 Å². The van der Waals surface area contributed by atoms with E-state index in [1.165, 1.54) is 0 Å². The second-order valence-electron chi connectivity index (χ2n) is 4.84. The van der Waals surface area contributed by atoms with Crippen molar-refractivity contribution in [2.45, 2.75) is 23.8 Å². The van der Waals surface area contributed by atoms with Crippen LogP contribution >= 0.6 is 0 Å². The molecule has 0 amide bonds. The molecule has 0 atom stereocenters. The topological polar surface area (TPSA) is 75.4 Å². The largest absolute Gasteiger partial charge is 0.329 e. The van der Waals surface area contributed by atoms with E-state index in [4.69, 9.17) is 5.73 Å². The smallest absolute Gasteiger partial charge is 0.240 e. The number of sulfonamides is 1. The predicted octanol–water partition coefficient (Wildman–Crippen LogP) is 0.388. The van der Waals surface area contributed by atoms with E-state index < -0.39 is 10.0 Å². The lowest BCUT2D eigenvalue weighted by atomic mass is 10.1. The van der Waals surface area contributed by atoms with Gasteiger partial charge in [0.2, 0.25) is 10.0 Å². The summed E-state index contributed by atoms with van der Waals surface area (Å²) in [6, 6.07) is 8.54. The molecule has 0 aromatic heterocycles. The van der Waals surface area contributed by atoms with Crippen molar-refractivity contribution in [1.82, 2.24) is 9.62 Å². The number of nitrogens with zero attached hydrogens (tertiary/aromatic N) is 1. The summed E-state index contributed by atoms with van der Waals surface area (Å²) in [6.45, 7) is 3.34. The number of nitrogens with one attached hydrogen (secondary N) is 1. The van der Waals surface area contributed by atoms with E-state index in [0.717, 1.165) is 32.5 Å². The summed E-state index contributed by atoms with van der Waals surface area (Å²) in [5.74, 6) is 0. The van der Waals surface area contributed by atoms with Gasteiger partial charge >= 0.3 is 0 Å². The molecule has 1 saturated heterocycles. The second-order valence-corrected chi connectivity index (χ2v) is 6.55. The zero-order valence-electron chi connectivity index (χ0n) is 11.0. The van der Waals surface area contributed by atoms with Gasteiger partial charge in [0.1, 0.15) is 0 Å². The Morgan fingerprint density at radius 2 is 1.84 bits per heavy atom. The Hall–Kier alpha value is -0.950. The van der Waals surface area contributed by atoms with Gasteiger partial charge in [0, 0.05) is 19.1 Å². The van der Waals surface area contributed by atoms with Crippen LogP contribution in [0.2, 0.25) is 0 Å². The normalized spacial score (nSPS) is 18.6. The molecule has 0 unspecified atom stereocenters. The zero-order chi connectivity index (χ0) is 13.7. The average molecular weight is 283 g/mol. The first-order valence-corrected chi connectivity index (χ1v) is 8.10. The van der Waals surface area contributed by atoms with Crippen molar-refractivity contribution >= 4 is 10.0 Å². The lowest BCUT2D eigenvalue weighted by Gasteiger charge is -2.31. The summed E-state index contributed by atoms with van der Waals surface area (Å²) in [5.41, 5.74) is 5.52. The van der Waals surface area contributed by atoms with Crippen LogP contribution in [0.15, 0.2) is 35.2 Å². The van der Waals surface area contributed by atoms with Crippen molar-refractivity contribution in [3.05, 3.63) is 30.3 Å². The molecule has 0 saturated carbocycles. The van der Waals surface area contributed by atoms with Crippen LogP contribution in [0.4, 0.5) is 0 Å². The highest BCUT2D eigenvalue weighted by atomic mass is 32.2. The van der Waals surface area contributed by atoms with E-state index in [9.17, 15) is 8.42 Å². The molecule has 0 spiro atoms. The molecule has 2 rings (SSSR count). The van der Waals surface area contributed by atoms with Gasteiger partial charge in [-0.2, -0.15) is 0 Å². The quantitative estimate of drug-likeness (QED) is 0.819. The number of hydrogen-bond donors (Lipinski definition) is 2. The van der Waals surface area contributed by atoms with Gasteiger partial charge in [-0.05, 0) is 38.1 Å². The molecule has 19 heavy (non-hydrogen) atoms. The minimum atomic E-state index is -3.38. The molecule has 1 aromatic rings. The third kappa shape index (κ3) is 4.01. The van der Waals surface area contributed by atoms with Crippen LogP contribution < -0.4 is 10.5 Å². The Labute approximate surface area is 114 Å². The standard InChI is InChI=1S/C13H21N3O2S/c14-8-11-16-9-6-12(7-10-16)15-19(17,18)13-4-2-1-3-5-13/h1-5,12,15H,6-11,14H2. The Morgan fingerprint density at radius 3 is 2.42 bits per heavy atom. The van der Waals surface area contributed by atoms with Crippen molar-refractivity contribution in [2.75, 3.05) is 26.2 Å². The molecule has 1 fully saturated rings. The maximum atomic E-state index is 12.2. The van der Waals surface area contributed by atoms with E-state index >= 15 is 0 Å². The van der Waals surface area contributed by atoms with Crippen LogP contribution in [0.3, 0.4) is 0 Å². The van der Waals surface area contributed by atoms with Crippen LogP contribution in [0.5, 0.6) is 0 Å². The van der Waals surface area contributed by atoms with Crippen molar-refractivity contribution in [1.29, 1.82) is 0 Å². The monoisotopic (exact) mass is 283 g/mol. The van der Waals surface area contributed by atoms with E-state index in [0.29, 0.717) is 11.4 Å². The first kappa shape index (κ1) is 14.5. The fraction of sp³-hybridized carbons (Fsp3) is 0.538. The highest BCUT2D eigenvalue weighted by Gasteiger charge is 2.23. The number of rotatable bonds is 5. The highest BCUT2D eigenvalue weighted by molar-refractivity contribution is 7.89. The van der Waals surface area contributed by atoms with E-state index in [1.54, 1.807) is 24.3 Å². The minimum Gasteiger partial charge on any atom is -0.329 e. The van der Waals surface area contributed by atoms with Crippen molar-refractivity contribution < 1.29 is 8.42 Å². The second kappa shape index (κ2) is 6.47. The van der Waals surface area contributed by atoms with Gasteiger partial charge in [0.25, 0.3) is 0 Å². The molecule has 106 valence electrons.